The van der Waals surface area contributed by atoms with E-state index in [1.165, 1.54) is 0 Å². The highest BCUT2D eigenvalue weighted by Gasteiger charge is 2.31. The molecule has 20 heavy (non-hydrogen) atoms. The van der Waals surface area contributed by atoms with Crippen molar-refractivity contribution < 1.29 is 19.0 Å². The fourth-order valence-electron chi connectivity index (χ4n) is 2.07. The highest BCUT2D eigenvalue weighted by atomic mass is 16.8. The molecule has 0 aliphatic carbocycles. The Hall–Kier alpha value is -1.75. The molecule has 1 aromatic carbocycles. The van der Waals surface area contributed by atoms with Gasteiger partial charge in [-0.15, -0.1) is 0 Å². The standard InChI is InChI=1S/C15H21NO4/c1-12-3-5-13(6-4-12)18-11-19-14(17)20-15(2)7-9-16-10-8-15/h3-6,16H,7-11H2,1-2H3. The lowest BCUT2D eigenvalue weighted by molar-refractivity contribution is -0.0602. The molecule has 110 valence electrons. The monoisotopic (exact) mass is 279 g/mol. The van der Waals surface area contributed by atoms with E-state index >= 15 is 0 Å². The Morgan fingerprint density at radius 2 is 1.90 bits per heavy atom. The van der Waals surface area contributed by atoms with Crippen LogP contribution in [-0.4, -0.2) is 31.6 Å². The average Bonchev–Trinajstić information content (AvgIpc) is 2.41. The second-order valence-corrected chi connectivity index (χ2v) is 5.27. The van der Waals surface area contributed by atoms with E-state index in [9.17, 15) is 4.79 Å². The van der Waals surface area contributed by atoms with Gasteiger partial charge >= 0.3 is 6.16 Å². The molecule has 1 N–H and O–H groups in total. The zero-order valence-corrected chi connectivity index (χ0v) is 12.0. The molecule has 1 aliphatic rings. The summed E-state index contributed by atoms with van der Waals surface area (Å²) >= 11 is 0. The van der Waals surface area contributed by atoms with E-state index in [1.807, 2.05) is 38.1 Å². The van der Waals surface area contributed by atoms with Crippen molar-refractivity contribution in [3.8, 4) is 5.75 Å². The van der Waals surface area contributed by atoms with Crippen LogP contribution in [0.1, 0.15) is 25.3 Å². The van der Waals surface area contributed by atoms with Crippen molar-refractivity contribution >= 4 is 6.16 Å². The Balaban J connectivity index is 1.71. The topological polar surface area (TPSA) is 56.8 Å². The van der Waals surface area contributed by atoms with Gasteiger partial charge in [0.25, 0.3) is 0 Å². The van der Waals surface area contributed by atoms with Crippen LogP contribution in [0.3, 0.4) is 0 Å². The molecule has 0 aromatic heterocycles. The maximum absolute atomic E-state index is 11.6. The lowest BCUT2D eigenvalue weighted by Crippen LogP contribution is -2.43. The minimum Gasteiger partial charge on any atom is -0.457 e. The Morgan fingerprint density at radius 3 is 2.55 bits per heavy atom. The first-order chi connectivity index (χ1) is 9.57. The number of hydrogen-bond acceptors (Lipinski definition) is 5. The molecule has 0 amide bonds. The molecule has 0 saturated carbocycles. The number of aryl methyl sites for hydroxylation is 1. The van der Waals surface area contributed by atoms with Gasteiger partial charge in [-0.05, 0) is 51.9 Å². The second-order valence-electron chi connectivity index (χ2n) is 5.27. The van der Waals surface area contributed by atoms with E-state index in [1.54, 1.807) is 0 Å². The Labute approximate surface area is 119 Å². The highest BCUT2D eigenvalue weighted by Crippen LogP contribution is 2.22. The first kappa shape index (κ1) is 14.7. The number of rotatable bonds is 4. The summed E-state index contributed by atoms with van der Waals surface area (Å²) in [6.07, 6.45) is 0.906. The van der Waals surface area contributed by atoms with E-state index in [2.05, 4.69) is 5.32 Å². The van der Waals surface area contributed by atoms with Crippen LogP contribution in [0.25, 0.3) is 0 Å². The van der Waals surface area contributed by atoms with Crippen molar-refractivity contribution in [1.29, 1.82) is 0 Å². The van der Waals surface area contributed by atoms with Gasteiger partial charge in [0.05, 0.1) is 0 Å². The maximum atomic E-state index is 11.6. The molecule has 1 aliphatic heterocycles. The van der Waals surface area contributed by atoms with Crippen molar-refractivity contribution in [2.45, 2.75) is 32.3 Å². The Kier molecular flexibility index (Phi) is 4.84. The molecule has 1 heterocycles. The summed E-state index contributed by atoms with van der Waals surface area (Å²) in [4.78, 5) is 11.6. The van der Waals surface area contributed by atoms with Gasteiger partial charge in [0, 0.05) is 0 Å². The summed E-state index contributed by atoms with van der Waals surface area (Å²) in [6, 6.07) is 7.53. The Morgan fingerprint density at radius 1 is 1.25 bits per heavy atom. The fraction of sp³-hybridized carbons (Fsp3) is 0.533. The first-order valence-corrected chi connectivity index (χ1v) is 6.83. The third kappa shape index (κ3) is 4.42. The zero-order chi connectivity index (χ0) is 14.4. The smallest absolute Gasteiger partial charge is 0.457 e. The molecule has 5 heteroatoms. The van der Waals surface area contributed by atoms with Crippen LogP contribution >= 0.6 is 0 Å². The van der Waals surface area contributed by atoms with Crippen molar-refractivity contribution in [3.63, 3.8) is 0 Å². The molecule has 1 saturated heterocycles. The third-order valence-electron chi connectivity index (χ3n) is 3.41. The predicted octanol–water partition coefficient (Wildman–Crippen LogP) is 2.63. The van der Waals surface area contributed by atoms with Crippen LogP contribution in [0, 0.1) is 6.92 Å². The molecule has 2 rings (SSSR count). The summed E-state index contributed by atoms with van der Waals surface area (Å²) in [5, 5.41) is 3.23. The van der Waals surface area contributed by atoms with Gasteiger partial charge in [0.1, 0.15) is 11.4 Å². The minimum atomic E-state index is -0.679. The molecule has 1 aromatic rings. The largest absolute Gasteiger partial charge is 0.511 e. The van der Waals surface area contributed by atoms with Gasteiger partial charge in [0.15, 0.2) is 0 Å². The molecule has 0 atom stereocenters. The summed E-state index contributed by atoms with van der Waals surface area (Å²) < 4.78 is 15.6. The molecule has 0 bridgehead atoms. The number of hydrogen-bond donors (Lipinski definition) is 1. The lowest BCUT2D eigenvalue weighted by atomic mass is 9.95. The molecular weight excluding hydrogens is 258 g/mol. The predicted molar refractivity (Wildman–Crippen MR) is 74.7 cm³/mol. The number of piperidine rings is 1. The van der Waals surface area contributed by atoms with E-state index < -0.39 is 11.8 Å². The van der Waals surface area contributed by atoms with Crippen LogP contribution in [0.5, 0.6) is 5.75 Å². The molecule has 0 radical (unpaired) electrons. The van der Waals surface area contributed by atoms with E-state index in [0.717, 1.165) is 31.5 Å². The van der Waals surface area contributed by atoms with Gasteiger partial charge in [-0.3, -0.25) is 0 Å². The number of carbonyl (C=O) groups excluding carboxylic acids is 1. The van der Waals surface area contributed by atoms with Crippen LogP contribution < -0.4 is 10.1 Å². The van der Waals surface area contributed by atoms with Crippen LogP contribution in [0.2, 0.25) is 0 Å². The molecule has 0 spiro atoms. The van der Waals surface area contributed by atoms with Crippen molar-refractivity contribution in [2.75, 3.05) is 19.9 Å². The van der Waals surface area contributed by atoms with Crippen molar-refractivity contribution in [2.24, 2.45) is 0 Å². The van der Waals surface area contributed by atoms with Gasteiger partial charge < -0.3 is 19.5 Å². The minimum absolute atomic E-state index is 0.143. The van der Waals surface area contributed by atoms with Crippen LogP contribution in [0.15, 0.2) is 24.3 Å². The molecule has 1 fully saturated rings. The summed E-state index contributed by atoms with van der Waals surface area (Å²) in [7, 11) is 0. The second kappa shape index (κ2) is 6.61. The van der Waals surface area contributed by atoms with Crippen molar-refractivity contribution in [3.05, 3.63) is 29.8 Å². The fourth-order valence-corrected chi connectivity index (χ4v) is 2.07. The lowest BCUT2D eigenvalue weighted by Gasteiger charge is -2.32. The highest BCUT2D eigenvalue weighted by molar-refractivity contribution is 5.60. The van der Waals surface area contributed by atoms with Gasteiger partial charge in [-0.25, -0.2) is 4.79 Å². The number of carbonyl (C=O) groups is 1. The SMILES string of the molecule is Cc1ccc(OCOC(=O)OC2(C)CCNCC2)cc1. The van der Waals surface area contributed by atoms with E-state index in [4.69, 9.17) is 14.2 Å². The molecule has 5 nitrogen and oxygen atoms in total. The summed E-state index contributed by atoms with van der Waals surface area (Å²) in [6.45, 7) is 5.48. The van der Waals surface area contributed by atoms with Crippen molar-refractivity contribution in [1.82, 2.24) is 5.32 Å². The van der Waals surface area contributed by atoms with Gasteiger partial charge in [-0.1, -0.05) is 17.7 Å². The molecule has 0 unspecified atom stereocenters. The average molecular weight is 279 g/mol. The third-order valence-corrected chi connectivity index (χ3v) is 3.41. The van der Waals surface area contributed by atoms with Gasteiger partial charge in [0.2, 0.25) is 6.79 Å². The molecular formula is C15H21NO4. The summed E-state index contributed by atoms with van der Waals surface area (Å²) in [5.74, 6) is 0.663. The zero-order valence-electron chi connectivity index (χ0n) is 12.0. The number of ether oxygens (including phenoxy) is 3. The number of benzene rings is 1. The van der Waals surface area contributed by atoms with Crippen LogP contribution in [0.4, 0.5) is 4.79 Å². The van der Waals surface area contributed by atoms with Crippen LogP contribution in [-0.2, 0) is 9.47 Å². The normalized spacial score (nSPS) is 17.3. The van der Waals surface area contributed by atoms with E-state index in [0.29, 0.717) is 5.75 Å². The summed E-state index contributed by atoms with van der Waals surface area (Å²) in [5.41, 5.74) is 0.711. The number of nitrogens with one attached hydrogen (secondary N) is 1. The quantitative estimate of drug-likeness (QED) is 0.678. The maximum Gasteiger partial charge on any atom is 0.511 e. The first-order valence-electron chi connectivity index (χ1n) is 6.83. The Bertz CT molecular complexity index is 438. The van der Waals surface area contributed by atoms with E-state index in [-0.39, 0.29) is 6.79 Å². The van der Waals surface area contributed by atoms with Gasteiger partial charge in [-0.2, -0.15) is 0 Å².